The lowest BCUT2D eigenvalue weighted by molar-refractivity contribution is -0.00525. The van der Waals surface area contributed by atoms with Crippen LogP contribution in [-0.2, 0) is 4.74 Å². The van der Waals surface area contributed by atoms with Gasteiger partial charge < -0.3 is 15.4 Å². The molecule has 0 amide bonds. The number of ether oxygens (including phenoxy) is 1. The van der Waals surface area contributed by atoms with Gasteiger partial charge in [0.2, 0.25) is 0 Å². The van der Waals surface area contributed by atoms with Crippen molar-refractivity contribution in [2.75, 3.05) is 23.7 Å². The fourth-order valence-corrected chi connectivity index (χ4v) is 2.80. The Balaban J connectivity index is 2.23. The molecule has 2 rings (SSSR count). The van der Waals surface area contributed by atoms with Crippen LogP contribution in [0.5, 0.6) is 0 Å². The van der Waals surface area contributed by atoms with E-state index in [1.807, 2.05) is 12.1 Å². The Morgan fingerprint density at radius 3 is 2.50 bits per heavy atom. The zero-order valence-electron chi connectivity index (χ0n) is 9.61. The van der Waals surface area contributed by atoms with Gasteiger partial charge in [-0.15, -0.1) is 0 Å². The number of rotatable bonds is 1. The molecule has 88 valence electrons. The molecular weight excluding hydrogens is 268 g/mol. The third kappa shape index (κ3) is 2.50. The summed E-state index contributed by atoms with van der Waals surface area (Å²) in [6.45, 7) is 6.06. The molecule has 1 heterocycles. The Bertz CT molecular complexity index is 373. The number of halogens is 1. The first kappa shape index (κ1) is 11.7. The van der Waals surface area contributed by atoms with Crippen molar-refractivity contribution < 1.29 is 4.74 Å². The number of nitrogens with two attached hydrogens (primary N) is 1. The summed E-state index contributed by atoms with van der Waals surface area (Å²) in [6.07, 6.45) is 0.543. The lowest BCUT2D eigenvalue weighted by atomic mass is 10.2. The van der Waals surface area contributed by atoms with Gasteiger partial charge in [0.15, 0.2) is 0 Å². The average Bonchev–Trinajstić information content (AvgIpc) is 2.15. The van der Waals surface area contributed by atoms with Crippen molar-refractivity contribution in [2.24, 2.45) is 0 Å². The van der Waals surface area contributed by atoms with Crippen LogP contribution >= 0.6 is 15.9 Å². The van der Waals surface area contributed by atoms with E-state index in [9.17, 15) is 0 Å². The van der Waals surface area contributed by atoms with Crippen molar-refractivity contribution in [1.29, 1.82) is 0 Å². The molecule has 0 aliphatic carbocycles. The highest BCUT2D eigenvalue weighted by atomic mass is 79.9. The maximum absolute atomic E-state index is 5.74. The quantitative estimate of drug-likeness (QED) is 0.806. The highest BCUT2D eigenvalue weighted by Crippen LogP contribution is 2.30. The Morgan fingerprint density at radius 2 is 1.94 bits per heavy atom. The van der Waals surface area contributed by atoms with Crippen molar-refractivity contribution in [3.8, 4) is 0 Å². The number of nitrogen functional groups attached to an aromatic ring is 1. The molecule has 0 bridgehead atoms. The molecule has 1 aliphatic heterocycles. The molecule has 0 spiro atoms. The topological polar surface area (TPSA) is 38.5 Å². The zero-order valence-corrected chi connectivity index (χ0v) is 11.2. The second-order valence-electron chi connectivity index (χ2n) is 4.37. The zero-order chi connectivity index (χ0) is 11.7. The van der Waals surface area contributed by atoms with E-state index in [2.05, 4.69) is 40.7 Å². The van der Waals surface area contributed by atoms with E-state index in [1.165, 1.54) is 5.69 Å². The number of morpholine rings is 1. The van der Waals surface area contributed by atoms with Gasteiger partial charge in [-0.3, -0.25) is 0 Å². The summed E-state index contributed by atoms with van der Waals surface area (Å²) < 4.78 is 6.77. The minimum absolute atomic E-state index is 0.271. The molecular formula is C12H17BrN2O. The normalized spacial score (nSPS) is 25.8. The molecule has 0 radical (unpaired) electrons. The van der Waals surface area contributed by atoms with Crippen LogP contribution in [-0.4, -0.2) is 25.3 Å². The van der Waals surface area contributed by atoms with Gasteiger partial charge in [0, 0.05) is 23.2 Å². The molecule has 2 atom stereocenters. The van der Waals surface area contributed by atoms with Crippen LogP contribution in [0, 0.1) is 0 Å². The fraction of sp³-hybridized carbons (Fsp3) is 0.500. The summed E-state index contributed by atoms with van der Waals surface area (Å²) in [4.78, 5) is 2.34. The van der Waals surface area contributed by atoms with Crippen LogP contribution in [0.2, 0.25) is 0 Å². The molecule has 2 N–H and O–H groups in total. The summed E-state index contributed by atoms with van der Waals surface area (Å²) in [5, 5.41) is 0. The van der Waals surface area contributed by atoms with Crippen molar-refractivity contribution in [2.45, 2.75) is 26.1 Å². The first-order valence-electron chi connectivity index (χ1n) is 5.51. The monoisotopic (exact) mass is 284 g/mol. The molecule has 1 aliphatic rings. The largest absolute Gasteiger partial charge is 0.399 e. The van der Waals surface area contributed by atoms with E-state index in [0.717, 1.165) is 23.2 Å². The number of benzene rings is 1. The number of hydrogen-bond acceptors (Lipinski definition) is 3. The van der Waals surface area contributed by atoms with Crippen molar-refractivity contribution >= 4 is 27.3 Å². The molecule has 0 saturated carbocycles. The summed E-state index contributed by atoms with van der Waals surface area (Å²) >= 11 is 3.56. The molecule has 1 aromatic carbocycles. The number of nitrogens with zero attached hydrogens (tertiary/aromatic N) is 1. The van der Waals surface area contributed by atoms with Crippen LogP contribution in [0.1, 0.15) is 13.8 Å². The van der Waals surface area contributed by atoms with Crippen LogP contribution < -0.4 is 10.6 Å². The van der Waals surface area contributed by atoms with Gasteiger partial charge in [-0.25, -0.2) is 0 Å². The maximum Gasteiger partial charge on any atom is 0.0726 e. The molecule has 0 unspecified atom stereocenters. The third-order valence-electron chi connectivity index (χ3n) is 2.73. The van der Waals surface area contributed by atoms with Crippen molar-refractivity contribution in [3.63, 3.8) is 0 Å². The number of anilines is 2. The molecule has 3 nitrogen and oxygen atoms in total. The van der Waals surface area contributed by atoms with E-state index >= 15 is 0 Å². The Morgan fingerprint density at radius 1 is 1.31 bits per heavy atom. The van der Waals surface area contributed by atoms with E-state index in [4.69, 9.17) is 10.5 Å². The average molecular weight is 285 g/mol. The molecule has 4 heteroatoms. The van der Waals surface area contributed by atoms with Crippen LogP contribution in [0.3, 0.4) is 0 Å². The SMILES string of the molecule is C[C@@H]1CN(c2ccc(N)cc2Br)C[C@@H](C)O1. The molecule has 0 aromatic heterocycles. The van der Waals surface area contributed by atoms with Crippen molar-refractivity contribution in [1.82, 2.24) is 0 Å². The highest BCUT2D eigenvalue weighted by molar-refractivity contribution is 9.10. The van der Waals surface area contributed by atoms with Gasteiger partial charge in [0.25, 0.3) is 0 Å². The highest BCUT2D eigenvalue weighted by Gasteiger charge is 2.23. The summed E-state index contributed by atoms with van der Waals surface area (Å²) in [5.74, 6) is 0. The summed E-state index contributed by atoms with van der Waals surface area (Å²) in [5.41, 5.74) is 7.71. The van der Waals surface area contributed by atoms with Gasteiger partial charge in [0.1, 0.15) is 0 Å². The first-order valence-corrected chi connectivity index (χ1v) is 6.31. The lowest BCUT2D eigenvalue weighted by Gasteiger charge is -2.37. The second-order valence-corrected chi connectivity index (χ2v) is 5.23. The molecule has 1 aromatic rings. The lowest BCUT2D eigenvalue weighted by Crippen LogP contribution is -2.45. The van der Waals surface area contributed by atoms with Gasteiger partial charge in [0.05, 0.1) is 17.9 Å². The Kier molecular flexibility index (Phi) is 3.40. The smallest absolute Gasteiger partial charge is 0.0726 e. The Hall–Kier alpha value is -0.740. The van der Waals surface area contributed by atoms with E-state index < -0.39 is 0 Å². The van der Waals surface area contributed by atoms with Crippen LogP contribution in [0.4, 0.5) is 11.4 Å². The minimum atomic E-state index is 0.271. The molecule has 16 heavy (non-hydrogen) atoms. The maximum atomic E-state index is 5.74. The van der Waals surface area contributed by atoms with E-state index in [0.29, 0.717) is 0 Å². The van der Waals surface area contributed by atoms with E-state index in [1.54, 1.807) is 0 Å². The predicted molar refractivity (Wildman–Crippen MR) is 70.8 cm³/mol. The summed E-state index contributed by atoms with van der Waals surface area (Å²) in [7, 11) is 0. The van der Waals surface area contributed by atoms with Gasteiger partial charge >= 0.3 is 0 Å². The van der Waals surface area contributed by atoms with Crippen LogP contribution in [0.25, 0.3) is 0 Å². The van der Waals surface area contributed by atoms with Crippen molar-refractivity contribution in [3.05, 3.63) is 22.7 Å². The Labute approximate surface area is 105 Å². The molecule has 1 saturated heterocycles. The number of hydrogen-bond donors (Lipinski definition) is 1. The minimum Gasteiger partial charge on any atom is -0.399 e. The fourth-order valence-electron chi connectivity index (χ4n) is 2.15. The predicted octanol–water partition coefficient (Wildman–Crippen LogP) is 2.64. The standard InChI is InChI=1S/C12H17BrN2O/c1-8-6-15(7-9(2)16-8)12-4-3-10(14)5-11(12)13/h3-5,8-9H,6-7,14H2,1-2H3/t8-,9-/m1/s1. The van der Waals surface area contributed by atoms with Crippen LogP contribution in [0.15, 0.2) is 22.7 Å². The third-order valence-corrected chi connectivity index (χ3v) is 3.37. The van der Waals surface area contributed by atoms with Gasteiger partial charge in [-0.2, -0.15) is 0 Å². The van der Waals surface area contributed by atoms with Gasteiger partial charge in [-0.1, -0.05) is 0 Å². The van der Waals surface area contributed by atoms with Gasteiger partial charge in [-0.05, 0) is 48.0 Å². The van der Waals surface area contributed by atoms with E-state index in [-0.39, 0.29) is 12.2 Å². The summed E-state index contributed by atoms with van der Waals surface area (Å²) in [6, 6.07) is 5.94. The molecule has 1 fully saturated rings. The first-order chi connectivity index (χ1) is 7.56. The second kappa shape index (κ2) is 4.63.